The van der Waals surface area contributed by atoms with Crippen molar-refractivity contribution in [3.63, 3.8) is 0 Å². The normalized spacial score (nSPS) is 29.8. The molecule has 0 radical (unpaired) electrons. The third kappa shape index (κ3) is 2.44. The lowest BCUT2D eigenvalue weighted by atomic mass is 10.0. The first kappa shape index (κ1) is 9.45. The summed E-state index contributed by atoms with van der Waals surface area (Å²) >= 11 is 0. The van der Waals surface area contributed by atoms with Crippen molar-refractivity contribution >= 4 is 5.91 Å². The van der Waals surface area contributed by atoms with E-state index in [2.05, 4.69) is 10.6 Å². The fourth-order valence-corrected chi connectivity index (χ4v) is 1.29. The van der Waals surface area contributed by atoms with E-state index in [0.717, 1.165) is 6.54 Å². The number of hydrogen-bond donors (Lipinski definition) is 2. The number of piperidine rings is 1. The highest BCUT2D eigenvalue weighted by Gasteiger charge is 2.25. The van der Waals surface area contributed by atoms with Crippen molar-refractivity contribution in [2.45, 2.75) is 32.0 Å². The van der Waals surface area contributed by atoms with Gasteiger partial charge in [0.05, 0.1) is 6.04 Å². The Morgan fingerprint density at radius 1 is 1.75 bits per heavy atom. The molecule has 12 heavy (non-hydrogen) atoms. The van der Waals surface area contributed by atoms with E-state index in [4.69, 9.17) is 0 Å². The minimum atomic E-state index is -0.936. The first-order chi connectivity index (χ1) is 5.74. The van der Waals surface area contributed by atoms with E-state index in [-0.39, 0.29) is 11.9 Å². The molecule has 0 aromatic heterocycles. The number of carbonyl (C=O) groups is 1. The Kier molecular flexibility index (Phi) is 3.47. The summed E-state index contributed by atoms with van der Waals surface area (Å²) < 4.78 is 13.1. The Morgan fingerprint density at radius 2 is 2.50 bits per heavy atom. The van der Waals surface area contributed by atoms with E-state index in [1.807, 2.05) is 0 Å². The molecule has 1 aliphatic rings. The van der Waals surface area contributed by atoms with Crippen LogP contribution >= 0.6 is 0 Å². The largest absolute Gasteiger partial charge is 0.350 e. The van der Waals surface area contributed by atoms with E-state index < -0.39 is 6.17 Å². The van der Waals surface area contributed by atoms with E-state index in [1.54, 1.807) is 6.92 Å². The van der Waals surface area contributed by atoms with Gasteiger partial charge in [0.2, 0.25) is 5.91 Å². The number of carbonyl (C=O) groups excluding carboxylic acids is 1. The van der Waals surface area contributed by atoms with Crippen LogP contribution in [-0.4, -0.2) is 31.2 Å². The summed E-state index contributed by atoms with van der Waals surface area (Å²) in [6.45, 7) is 2.91. The minimum Gasteiger partial charge on any atom is -0.350 e. The minimum absolute atomic E-state index is 0.0652. The lowest BCUT2D eigenvalue weighted by molar-refractivity contribution is -0.122. The van der Waals surface area contributed by atoms with Gasteiger partial charge in [-0.2, -0.15) is 0 Å². The van der Waals surface area contributed by atoms with Gasteiger partial charge in [-0.25, -0.2) is 4.39 Å². The van der Waals surface area contributed by atoms with E-state index in [0.29, 0.717) is 19.4 Å². The zero-order chi connectivity index (χ0) is 8.97. The molecule has 2 N–H and O–H groups in total. The Balaban J connectivity index is 2.33. The predicted octanol–water partition coefficient (Wildman–Crippen LogP) is 0.213. The van der Waals surface area contributed by atoms with Crippen molar-refractivity contribution in [1.29, 1.82) is 0 Å². The second-order valence-electron chi connectivity index (χ2n) is 3.04. The number of halogens is 1. The summed E-state index contributed by atoms with van der Waals surface area (Å²) in [7, 11) is 0. The predicted molar refractivity (Wildman–Crippen MR) is 44.6 cm³/mol. The average Bonchev–Trinajstić information content (AvgIpc) is 2.09. The molecule has 1 fully saturated rings. The Labute approximate surface area is 71.7 Å². The van der Waals surface area contributed by atoms with Gasteiger partial charge in [0.25, 0.3) is 0 Å². The van der Waals surface area contributed by atoms with Crippen LogP contribution in [0, 0.1) is 0 Å². The Hall–Kier alpha value is -0.640. The smallest absolute Gasteiger partial charge is 0.220 e. The van der Waals surface area contributed by atoms with Crippen LogP contribution in [0.25, 0.3) is 0 Å². The summed E-state index contributed by atoms with van der Waals surface area (Å²) in [5.41, 5.74) is 0. The molecule has 1 amide bonds. The molecule has 4 heteroatoms. The topological polar surface area (TPSA) is 41.1 Å². The Morgan fingerprint density at radius 3 is 3.08 bits per heavy atom. The van der Waals surface area contributed by atoms with Crippen LogP contribution in [0.5, 0.6) is 0 Å². The highest BCUT2D eigenvalue weighted by atomic mass is 19.1. The monoisotopic (exact) mass is 174 g/mol. The van der Waals surface area contributed by atoms with Gasteiger partial charge in [-0.1, -0.05) is 6.92 Å². The van der Waals surface area contributed by atoms with Crippen molar-refractivity contribution in [2.75, 3.05) is 13.1 Å². The average molecular weight is 174 g/mol. The van der Waals surface area contributed by atoms with E-state index >= 15 is 0 Å². The Bertz CT molecular complexity index is 163. The second-order valence-corrected chi connectivity index (χ2v) is 3.04. The summed E-state index contributed by atoms with van der Waals surface area (Å²) in [6.07, 6.45) is 0.179. The highest BCUT2D eigenvalue weighted by molar-refractivity contribution is 5.75. The SMILES string of the molecule is CCC(=O)NC1CCNCC1F. The third-order valence-electron chi connectivity index (χ3n) is 2.08. The lowest BCUT2D eigenvalue weighted by Crippen LogP contribution is -2.50. The number of hydrogen-bond acceptors (Lipinski definition) is 2. The molecule has 0 bridgehead atoms. The van der Waals surface area contributed by atoms with Crippen LogP contribution in [0.3, 0.4) is 0 Å². The van der Waals surface area contributed by atoms with Gasteiger partial charge >= 0.3 is 0 Å². The first-order valence-corrected chi connectivity index (χ1v) is 4.38. The summed E-state index contributed by atoms with van der Waals surface area (Å²) in [6, 6.07) is -0.279. The maximum atomic E-state index is 13.1. The highest BCUT2D eigenvalue weighted by Crippen LogP contribution is 2.07. The van der Waals surface area contributed by atoms with Crippen LogP contribution in [-0.2, 0) is 4.79 Å². The van der Waals surface area contributed by atoms with Crippen molar-refractivity contribution in [3.05, 3.63) is 0 Å². The maximum Gasteiger partial charge on any atom is 0.220 e. The zero-order valence-electron chi connectivity index (χ0n) is 7.27. The lowest BCUT2D eigenvalue weighted by Gasteiger charge is -2.27. The maximum absolute atomic E-state index is 13.1. The van der Waals surface area contributed by atoms with Crippen LogP contribution < -0.4 is 10.6 Å². The second kappa shape index (κ2) is 4.40. The van der Waals surface area contributed by atoms with Crippen molar-refractivity contribution < 1.29 is 9.18 Å². The van der Waals surface area contributed by atoms with Gasteiger partial charge in [-0.3, -0.25) is 4.79 Å². The molecular weight excluding hydrogens is 159 g/mol. The quantitative estimate of drug-likeness (QED) is 0.628. The van der Waals surface area contributed by atoms with Crippen molar-refractivity contribution in [2.24, 2.45) is 0 Å². The van der Waals surface area contributed by atoms with E-state index in [1.165, 1.54) is 0 Å². The molecule has 0 saturated carbocycles. The summed E-state index contributed by atoms with van der Waals surface area (Å²) in [4.78, 5) is 10.9. The molecule has 1 saturated heterocycles. The molecule has 1 rings (SSSR count). The first-order valence-electron chi connectivity index (χ1n) is 4.38. The van der Waals surface area contributed by atoms with Crippen LogP contribution in [0.4, 0.5) is 4.39 Å². The number of amides is 1. The summed E-state index contributed by atoms with van der Waals surface area (Å²) in [5, 5.41) is 5.59. The molecule has 1 aliphatic heterocycles. The van der Waals surface area contributed by atoms with Gasteiger partial charge < -0.3 is 10.6 Å². The molecule has 1 heterocycles. The van der Waals surface area contributed by atoms with Crippen LogP contribution in [0.2, 0.25) is 0 Å². The third-order valence-corrected chi connectivity index (χ3v) is 2.08. The number of rotatable bonds is 2. The molecular formula is C8H15FN2O. The molecule has 70 valence electrons. The zero-order valence-corrected chi connectivity index (χ0v) is 7.27. The molecule has 0 spiro atoms. The molecule has 3 nitrogen and oxygen atoms in total. The van der Waals surface area contributed by atoms with Crippen molar-refractivity contribution in [1.82, 2.24) is 10.6 Å². The fourth-order valence-electron chi connectivity index (χ4n) is 1.29. The van der Waals surface area contributed by atoms with Gasteiger partial charge in [0.1, 0.15) is 6.17 Å². The molecule has 0 aromatic rings. The molecule has 0 aliphatic carbocycles. The van der Waals surface area contributed by atoms with Crippen LogP contribution in [0.15, 0.2) is 0 Å². The molecule has 2 unspecified atom stereocenters. The van der Waals surface area contributed by atoms with Crippen molar-refractivity contribution in [3.8, 4) is 0 Å². The van der Waals surface area contributed by atoms with Gasteiger partial charge in [0.15, 0.2) is 0 Å². The van der Waals surface area contributed by atoms with E-state index in [9.17, 15) is 9.18 Å². The van der Waals surface area contributed by atoms with Gasteiger partial charge in [-0.05, 0) is 13.0 Å². The van der Waals surface area contributed by atoms with Gasteiger partial charge in [-0.15, -0.1) is 0 Å². The molecule has 0 aromatic carbocycles. The number of nitrogens with one attached hydrogen (secondary N) is 2. The fraction of sp³-hybridized carbons (Fsp3) is 0.875. The van der Waals surface area contributed by atoms with Gasteiger partial charge in [0, 0.05) is 13.0 Å². The van der Waals surface area contributed by atoms with Crippen LogP contribution in [0.1, 0.15) is 19.8 Å². The summed E-state index contributed by atoms with van der Waals surface area (Å²) in [5.74, 6) is -0.0652. The number of alkyl halides is 1. The standard InChI is InChI=1S/C8H15FN2O/c1-2-8(12)11-7-3-4-10-5-6(7)9/h6-7,10H,2-5H2,1H3,(H,11,12). The molecule has 2 atom stereocenters.